The van der Waals surface area contributed by atoms with Gasteiger partial charge in [-0.05, 0) is 54.8 Å². The molecule has 0 bridgehead atoms. The fourth-order valence-electron chi connectivity index (χ4n) is 3.96. The van der Waals surface area contributed by atoms with Crippen LogP contribution in [0.3, 0.4) is 0 Å². The Hall–Kier alpha value is -2.86. The predicted octanol–water partition coefficient (Wildman–Crippen LogP) is 5.74. The van der Waals surface area contributed by atoms with E-state index < -0.39 is 0 Å². The highest BCUT2D eigenvalue weighted by Gasteiger charge is 2.32. The molecule has 156 valence electrons. The van der Waals surface area contributed by atoms with Crippen molar-refractivity contribution in [3.8, 4) is 22.8 Å². The van der Waals surface area contributed by atoms with Crippen LogP contribution in [0.25, 0.3) is 11.3 Å². The Balaban J connectivity index is 1.59. The van der Waals surface area contributed by atoms with Gasteiger partial charge in [0, 0.05) is 23.3 Å². The summed E-state index contributed by atoms with van der Waals surface area (Å²) in [6.07, 6.45) is 3.64. The van der Waals surface area contributed by atoms with E-state index in [1.165, 1.54) is 0 Å². The van der Waals surface area contributed by atoms with Crippen molar-refractivity contribution in [2.75, 3.05) is 19.5 Å². The molecular formula is C24H26N2O3S. The van der Waals surface area contributed by atoms with Crippen LogP contribution in [0.4, 0.5) is 5.13 Å². The number of nitrogens with one attached hydrogen (secondary N) is 1. The first kappa shape index (κ1) is 20.4. The van der Waals surface area contributed by atoms with Gasteiger partial charge in [0.25, 0.3) is 0 Å². The van der Waals surface area contributed by atoms with Gasteiger partial charge in [-0.1, -0.05) is 18.6 Å². The second-order valence-electron chi connectivity index (χ2n) is 7.48. The van der Waals surface area contributed by atoms with E-state index in [-0.39, 0.29) is 12.0 Å². The molecule has 4 rings (SSSR count). The lowest BCUT2D eigenvalue weighted by atomic mass is 9.80. The van der Waals surface area contributed by atoms with E-state index in [1.54, 1.807) is 25.6 Å². The van der Waals surface area contributed by atoms with Crippen molar-refractivity contribution in [3.63, 3.8) is 0 Å². The molecule has 2 unspecified atom stereocenters. The molecule has 1 aliphatic carbocycles. The highest BCUT2D eigenvalue weighted by Crippen LogP contribution is 2.37. The van der Waals surface area contributed by atoms with Crippen molar-refractivity contribution < 1.29 is 14.3 Å². The summed E-state index contributed by atoms with van der Waals surface area (Å²) in [6, 6.07) is 15.7. The summed E-state index contributed by atoms with van der Waals surface area (Å²) in [7, 11) is 3.32. The smallest absolute Gasteiger partial charge is 0.183 e. The highest BCUT2D eigenvalue weighted by atomic mass is 32.1. The van der Waals surface area contributed by atoms with Gasteiger partial charge in [0.05, 0.1) is 26.0 Å². The van der Waals surface area contributed by atoms with Gasteiger partial charge in [0.2, 0.25) is 0 Å². The molecule has 1 aliphatic rings. The lowest BCUT2D eigenvalue weighted by molar-refractivity contribution is -0.125. The number of thiazole rings is 1. The number of methoxy groups -OCH3 is 2. The topological polar surface area (TPSA) is 60.5 Å². The summed E-state index contributed by atoms with van der Waals surface area (Å²) < 4.78 is 10.5. The van der Waals surface area contributed by atoms with E-state index in [4.69, 9.17) is 14.5 Å². The number of hydrogen-bond acceptors (Lipinski definition) is 6. The molecule has 1 aromatic heterocycles. The lowest BCUT2D eigenvalue weighted by Crippen LogP contribution is -2.30. The van der Waals surface area contributed by atoms with Crippen molar-refractivity contribution >= 4 is 22.3 Å². The minimum absolute atomic E-state index is 0.0412. The van der Waals surface area contributed by atoms with Crippen LogP contribution in [0.15, 0.2) is 53.9 Å². The molecule has 0 radical (unpaired) electrons. The van der Waals surface area contributed by atoms with Gasteiger partial charge in [0.1, 0.15) is 17.3 Å². The van der Waals surface area contributed by atoms with Gasteiger partial charge in [-0.15, -0.1) is 11.3 Å². The maximum absolute atomic E-state index is 12.7. The molecule has 1 N–H and O–H groups in total. The van der Waals surface area contributed by atoms with E-state index >= 15 is 0 Å². The summed E-state index contributed by atoms with van der Waals surface area (Å²) in [6.45, 7) is 0. The normalized spacial score (nSPS) is 17.4. The number of anilines is 1. The van der Waals surface area contributed by atoms with Gasteiger partial charge < -0.3 is 14.8 Å². The van der Waals surface area contributed by atoms with Gasteiger partial charge in [-0.2, -0.15) is 0 Å². The largest absolute Gasteiger partial charge is 0.497 e. The third-order valence-electron chi connectivity index (χ3n) is 5.65. The second-order valence-corrected chi connectivity index (χ2v) is 8.34. The first-order chi connectivity index (χ1) is 14.7. The third kappa shape index (κ3) is 4.49. The molecule has 5 nitrogen and oxygen atoms in total. The third-order valence-corrected chi connectivity index (χ3v) is 6.42. The number of rotatable bonds is 7. The summed E-state index contributed by atoms with van der Waals surface area (Å²) in [5.41, 5.74) is 3.03. The summed E-state index contributed by atoms with van der Waals surface area (Å²) in [4.78, 5) is 17.5. The fraction of sp³-hybridized carbons (Fsp3) is 0.333. The first-order valence-electron chi connectivity index (χ1n) is 10.2. The van der Waals surface area contributed by atoms with Gasteiger partial charge in [0.15, 0.2) is 5.13 Å². The molecular weight excluding hydrogens is 396 g/mol. The molecule has 0 spiro atoms. The Morgan fingerprint density at radius 2 is 1.67 bits per heavy atom. The quantitative estimate of drug-likeness (QED) is 0.526. The monoisotopic (exact) mass is 422 g/mol. The van der Waals surface area contributed by atoms with E-state index in [2.05, 4.69) is 5.32 Å². The first-order valence-corrected chi connectivity index (χ1v) is 11.1. The van der Waals surface area contributed by atoms with E-state index in [9.17, 15) is 4.79 Å². The van der Waals surface area contributed by atoms with Crippen LogP contribution in [0, 0.1) is 5.92 Å². The van der Waals surface area contributed by atoms with Crippen LogP contribution >= 0.6 is 11.3 Å². The van der Waals surface area contributed by atoms with E-state index in [0.29, 0.717) is 12.2 Å². The Labute approximate surface area is 181 Å². The van der Waals surface area contributed by atoms with Crippen LogP contribution in [-0.4, -0.2) is 25.0 Å². The van der Waals surface area contributed by atoms with Crippen molar-refractivity contribution in [1.82, 2.24) is 4.98 Å². The molecule has 6 heteroatoms. The fourth-order valence-corrected chi connectivity index (χ4v) is 4.72. The minimum atomic E-state index is -0.0985. The SMILES string of the molecule is COc1ccc(-c2csc(NC(c3ccc(OC)cc3)C3CCCCC3=O)n2)cc1. The van der Waals surface area contributed by atoms with Crippen LogP contribution in [0.5, 0.6) is 11.5 Å². The predicted molar refractivity (Wildman–Crippen MR) is 120 cm³/mol. The molecule has 0 saturated heterocycles. The Morgan fingerprint density at radius 3 is 2.30 bits per heavy atom. The summed E-state index contributed by atoms with van der Waals surface area (Å²) >= 11 is 1.56. The lowest BCUT2D eigenvalue weighted by Gasteiger charge is -2.30. The number of ketones is 1. The number of aromatic nitrogens is 1. The van der Waals surface area contributed by atoms with Crippen LogP contribution in [-0.2, 0) is 4.79 Å². The number of hydrogen-bond donors (Lipinski definition) is 1. The Morgan fingerprint density at radius 1 is 1.00 bits per heavy atom. The Kier molecular flexibility index (Phi) is 6.33. The Bertz CT molecular complexity index is 982. The maximum Gasteiger partial charge on any atom is 0.183 e. The molecule has 1 saturated carbocycles. The number of benzene rings is 2. The van der Waals surface area contributed by atoms with Crippen molar-refractivity contribution in [3.05, 3.63) is 59.5 Å². The van der Waals surface area contributed by atoms with Gasteiger partial charge >= 0.3 is 0 Å². The number of ether oxygens (including phenoxy) is 2. The average molecular weight is 423 g/mol. The standard InChI is InChI=1S/C24H26N2O3S/c1-28-18-11-7-16(8-12-18)21-15-30-24(25-21)26-23(20-5-3-4-6-22(20)27)17-9-13-19(29-2)14-10-17/h7-15,20,23H,3-6H2,1-2H3,(H,25,26). The molecule has 0 amide bonds. The zero-order valence-corrected chi connectivity index (χ0v) is 18.1. The molecule has 1 heterocycles. The van der Waals surface area contributed by atoms with Gasteiger partial charge in [-0.3, -0.25) is 4.79 Å². The molecule has 1 fully saturated rings. The molecule has 3 aromatic rings. The highest BCUT2D eigenvalue weighted by molar-refractivity contribution is 7.14. The zero-order valence-electron chi connectivity index (χ0n) is 17.3. The van der Waals surface area contributed by atoms with Gasteiger partial charge in [-0.25, -0.2) is 4.98 Å². The van der Waals surface area contributed by atoms with Crippen molar-refractivity contribution in [2.45, 2.75) is 31.7 Å². The van der Waals surface area contributed by atoms with Crippen molar-refractivity contribution in [1.29, 1.82) is 0 Å². The second kappa shape index (κ2) is 9.30. The molecule has 0 aliphatic heterocycles. The molecule has 2 aromatic carbocycles. The zero-order chi connectivity index (χ0) is 20.9. The van der Waals surface area contributed by atoms with E-state index in [0.717, 1.165) is 52.7 Å². The number of carbonyl (C=O) groups is 1. The number of nitrogens with zero attached hydrogens (tertiary/aromatic N) is 1. The summed E-state index contributed by atoms with van der Waals surface area (Å²) in [5, 5.41) is 6.43. The van der Waals surface area contributed by atoms with E-state index in [1.807, 2.05) is 53.9 Å². The average Bonchev–Trinajstić information content (AvgIpc) is 3.27. The molecule has 2 atom stereocenters. The minimum Gasteiger partial charge on any atom is -0.497 e. The van der Waals surface area contributed by atoms with Crippen LogP contribution < -0.4 is 14.8 Å². The number of carbonyl (C=O) groups excluding carboxylic acids is 1. The van der Waals surface area contributed by atoms with Crippen LogP contribution in [0.1, 0.15) is 37.3 Å². The summed E-state index contributed by atoms with van der Waals surface area (Å²) in [5.74, 6) is 1.92. The maximum atomic E-state index is 12.7. The molecule has 30 heavy (non-hydrogen) atoms. The van der Waals surface area contributed by atoms with Crippen LogP contribution in [0.2, 0.25) is 0 Å². The number of Topliss-reactive ketones (excluding diaryl/α,β-unsaturated/α-hetero) is 1. The van der Waals surface area contributed by atoms with Crippen molar-refractivity contribution in [2.24, 2.45) is 5.92 Å².